The molecule has 11 aromatic rings. The second-order valence-corrected chi connectivity index (χ2v) is 16.5. The van der Waals surface area contributed by atoms with E-state index in [9.17, 15) is 0 Å². The molecule has 0 saturated carbocycles. The van der Waals surface area contributed by atoms with Crippen LogP contribution in [0.25, 0.3) is 66.1 Å². The van der Waals surface area contributed by atoms with Crippen molar-refractivity contribution in [1.29, 1.82) is 0 Å². The summed E-state index contributed by atoms with van der Waals surface area (Å²) >= 11 is 0. The largest absolute Gasteiger partial charge is 0.310 e. The Morgan fingerprint density at radius 1 is 0.312 bits per heavy atom. The van der Waals surface area contributed by atoms with Crippen LogP contribution >= 0.6 is 0 Å². The van der Waals surface area contributed by atoms with E-state index in [1.165, 1.54) is 49.3 Å². The molecule has 304 valence electrons. The average molecular weight is 821 g/mol. The van der Waals surface area contributed by atoms with Crippen LogP contribution < -0.4 is 9.80 Å². The van der Waals surface area contributed by atoms with Crippen LogP contribution in [0.5, 0.6) is 0 Å². The van der Waals surface area contributed by atoms with Gasteiger partial charge < -0.3 is 18.9 Å². The number of anilines is 6. The summed E-state index contributed by atoms with van der Waals surface area (Å²) in [5.74, 6) is 0. The molecule has 2 heterocycles. The summed E-state index contributed by atoms with van der Waals surface area (Å²) in [6.45, 7) is 0. The zero-order valence-corrected chi connectivity index (χ0v) is 35.3. The molecule has 2 aromatic heterocycles. The van der Waals surface area contributed by atoms with E-state index in [2.05, 4.69) is 262 Å². The van der Waals surface area contributed by atoms with Crippen LogP contribution in [0.15, 0.2) is 243 Å². The van der Waals surface area contributed by atoms with Gasteiger partial charge in [-0.2, -0.15) is 0 Å². The Kier molecular flexibility index (Phi) is 9.27. The molecule has 4 nitrogen and oxygen atoms in total. The Morgan fingerprint density at radius 2 is 0.719 bits per heavy atom. The van der Waals surface area contributed by atoms with Gasteiger partial charge in [0, 0.05) is 67.1 Å². The highest BCUT2D eigenvalue weighted by Crippen LogP contribution is 2.43. The van der Waals surface area contributed by atoms with Crippen LogP contribution in [-0.4, -0.2) is 9.13 Å². The zero-order chi connectivity index (χ0) is 42.4. The summed E-state index contributed by atoms with van der Waals surface area (Å²) in [5, 5.41) is 4.96. The first-order chi connectivity index (χ1) is 31.8. The van der Waals surface area contributed by atoms with E-state index in [4.69, 9.17) is 0 Å². The third kappa shape index (κ3) is 6.47. The summed E-state index contributed by atoms with van der Waals surface area (Å²) in [5.41, 5.74) is 16.2. The monoisotopic (exact) mass is 820 g/mol. The predicted octanol–water partition coefficient (Wildman–Crippen LogP) is 16.7. The molecule has 0 radical (unpaired) electrons. The molecule has 0 aliphatic heterocycles. The topological polar surface area (TPSA) is 16.3 Å². The fraction of sp³-hybridized carbons (Fsp3) is 0.0333. The quantitative estimate of drug-likeness (QED) is 0.144. The van der Waals surface area contributed by atoms with Gasteiger partial charge in [-0.25, -0.2) is 0 Å². The molecule has 1 aliphatic carbocycles. The van der Waals surface area contributed by atoms with Crippen molar-refractivity contribution in [2.45, 2.75) is 12.8 Å². The molecule has 0 spiro atoms. The van der Waals surface area contributed by atoms with E-state index in [1.807, 2.05) is 0 Å². The van der Waals surface area contributed by atoms with Gasteiger partial charge in [0.2, 0.25) is 0 Å². The number of rotatable bonds is 9. The molecule has 64 heavy (non-hydrogen) atoms. The van der Waals surface area contributed by atoms with Crippen molar-refractivity contribution in [3.63, 3.8) is 0 Å². The van der Waals surface area contributed by atoms with Crippen LogP contribution in [0.2, 0.25) is 0 Å². The number of para-hydroxylation sites is 5. The third-order valence-corrected chi connectivity index (χ3v) is 12.7. The van der Waals surface area contributed by atoms with Gasteiger partial charge in [0.1, 0.15) is 0 Å². The molecule has 12 rings (SSSR count). The molecule has 0 saturated heterocycles. The van der Waals surface area contributed by atoms with Crippen molar-refractivity contribution >= 4 is 83.4 Å². The minimum Gasteiger partial charge on any atom is -0.310 e. The number of allylic oxidation sites excluding steroid dienone is 4. The first-order valence-electron chi connectivity index (χ1n) is 22.2. The summed E-state index contributed by atoms with van der Waals surface area (Å²) < 4.78 is 4.78. The van der Waals surface area contributed by atoms with Crippen LogP contribution in [0.4, 0.5) is 34.1 Å². The SMILES string of the molecule is C1=CC(n2c3ccccc3c3cc(N(c4ccccc4)c4ccc(-c5ccc(N(c6ccccc6)c6ccc7c(c6)c6ccccc6n7-c6ccccc6)cc5)cc4)ccc32)=CCC1. The molecule has 1 aliphatic rings. The Bertz CT molecular complexity index is 3520. The van der Waals surface area contributed by atoms with E-state index < -0.39 is 0 Å². The Labute approximate surface area is 373 Å². The fourth-order valence-corrected chi connectivity index (χ4v) is 9.75. The first-order valence-corrected chi connectivity index (χ1v) is 22.2. The lowest BCUT2D eigenvalue weighted by atomic mass is 10.0. The van der Waals surface area contributed by atoms with Crippen molar-refractivity contribution in [2.24, 2.45) is 0 Å². The predicted molar refractivity (Wildman–Crippen MR) is 271 cm³/mol. The lowest BCUT2D eigenvalue weighted by molar-refractivity contribution is 1.02. The van der Waals surface area contributed by atoms with Gasteiger partial charge in [0.25, 0.3) is 0 Å². The van der Waals surface area contributed by atoms with E-state index in [0.29, 0.717) is 0 Å². The summed E-state index contributed by atoms with van der Waals surface area (Å²) in [7, 11) is 0. The molecule has 0 N–H and O–H groups in total. The van der Waals surface area contributed by atoms with Gasteiger partial charge in [-0.3, -0.25) is 0 Å². The van der Waals surface area contributed by atoms with Gasteiger partial charge >= 0.3 is 0 Å². The zero-order valence-electron chi connectivity index (χ0n) is 35.3. The Balaban J connectivity index is 0.899. The lowest BCUT2D eigenvalue weighted by Crippen LogP contribution is -2.10. The third-order valence-electron chi connectivity index (χ3n) is 12.7. The van der Waals surface area contributed by atoms with Crippen LogP contribution in [0, 0.1) is 0 Å². The molecule has 0 fully saturated rings. The average Bonchev–Trinajstić information content (AvgIpc) is 3.88. The highest BCUT2D eigenvalue weighted by Gasteiger charge is 2.20. The van der Waals surface area contributed by atoms with Gasteiger partial charge in [0.15, 0.2) is 0 Å². The van der Waals surface area contributed by atoms with E-state index >= 15 is 0 Å². The van der Waals surface area contributed by atoms with Gasteiger partial charge in [-0.15, -0.1) is 0 Å². The summed E-state index contributed by atoms with van der Waals surface area (Å²) in [6, 6.07) is 81.3. The standard InChI is InChI=1S/C60H44N4/c1-5-17-45(18-6-1)61(51-37-39-59-55(41-51)53-25-13-15-27-57(53)63(59)47-21-9-3-10-22-47)49-33-29-43(30-34-49)44-31-35-50(36-32-44)62(46-19-7-2-8-20-46)52-38-40-60-56(42-52)54-26-14-16-28-58(54)64(60)48-23-11-4-12-24-48/h1-3,5-11,13-42H,4,12H2. The molecule has 0 atom stereocenters. The summed E-state index contributed by atoms with van der Waals surface area (Å²) in [6.07, 6.45) is 9.06. The number of aromatic nitrogens is 2. The summed E-state index contributed by atoms with van der Waals surface area (Å²) in [4.78, 5) is 4.72. The van der Waals surface area contributed by atoms with Crippen LogP contribution in [0.3, 0.4) is 0 Å². The van der Waals surface area contributed by atoms with Gasteiger partial charge in [-0.1, -0.05) is 127 Å². The maximum atomic E-state index is 2.42. The second-order valence-electron chi connectivity index (χ2n) is 16.5. The Morgan fingerprint density at radius 3 is 1.22 bits per heavy atom. The van der Waals surface area contributed by atoms with Crippen molar-refractivity contribution in [1.82, 2.24) is 9.13 Å². The lowest BCUT2D eigenvalue weighted by Gasteiger charge is -2.26. The molecule has 4 heteroatoms. The number of nitrogens with zero attached hydrogens (tertiary/aromatic N) is 4. The van der Waals surface area contributed by atoms with E-state index in [-0.39, 0.29) is 0 Å². The number of hydrogen-bond donors (Lipinski definition) is 0. The minimum absolute atomic E-state index is 1.06. The van der Waals surface area contributed by atoms with Crippen molar-refractivity contribution in [3.05, 3.63) is 243 Å². The van der Waals surface area contributed by atoms with Gasteiger partial charge in [-0.05, 0) is 139 Å². The molecule has 0 amide bonds. The molecular formula is C60H44N4. The fourth-order valence-electron chi connectivity index (χ4n) is 9.75. The number of hydrogen-bond acceptors (Lipinski definition) is 2. The first kappa shape index (κ1) is 37.4. The molecule has 0 bridgehead atoms. The van der Waals surface area contributed by atoms with Gasteiger partial charge in [0.05, 0.1) is 22.1 Å². The molecular weight excluding hydrogens is 777 g/mol. The minimum atomic E-state index is 1.06. The second kappa shape index (κ2) is 15.8. The van der Waals surface area contributed by atoms with Crippen molar-refractivity contribution < 1.29 is 0 Å². The van der Waals surface area contributed by atoms with Crippen LogP contribution in [-0.2, 0) is 0 Å². The highest BCUT2D eigenvalue weighted by molar-refractivity contribution is 6.12. The molecule has 9 aromatic carbocycles. The van der Waals surface area contributed by atoms with Crippen LogP contribution in [0.1, 0.15) is 12.8 Å². The van der Waals surface area contributed by atoms with Crippen molar-refractivity contribution in [3.8, 4) is 16.8 Å². The van der Waals surface area contributed by atoms with Crippen molar-refractivity contribution in [2.75, 3.05) is 9.80 Å². The smallest absolute Gasteiger partial charge is 0.0542 e. The van der Waals surface area contributed by atoms with E-state index in [0.717, 1.165) is 63.8 Å². The Hall–Kier alpha value is -8.34. The van der Waals surface area contributed by atoms with E-state index in [1.54, 1.807) is 0 Å². The number of benzene rings is 9. The normalized spacial score (nSPS) is 12.6. The maximum Gasteiger partial charge on any atom is 0.0542 e. The maximum absolute atomic E-state index is 2.42. The molecule has 0 unspecified atom stereocenters. The highest BCUT2D eigenvalue weighted by atomic mass is 15.1. The number of fused-ring (bicyclic) bond motifs is 6.